The molecule has 8 heavy (non-hydrogen) atoms. The van der Waals surface area contributed by atoms with E-state index in [4.69, 9.17) is 0 Å². The Balaban J connectivity index is 3.35. The highest BCUT2D eigenvalue weighted by Gasteiger charge is 1.81. The van der Waals surface area contributed by atoms with E-state index in [0.29, 0.717) is 0 Å². The van der Waals surface area contributed by atoms with Crippen LogP contribution in [0.25, 0.3) is 0 Å². The molecule has 3 nitrogen and oxygen atoms in total. The molecule has 0 N–H and O–H groups in total. The minimum Gasteiger partial charge on any atom is -0.268 e. The quantitative estimate of drug-likeness (QED) is 0.453. The van der Waals surface area contributed by atoms with Crippen molar-refractivity contribution >= 4 is 0 Å². The lowest BCUT2D eigenvalue weighted by atomic mass is 10.6. The SMILES string of the molecule is Cn1nc[c]cc1=O. The molecule has 0 saturated carbocycles. The molecular formula is C5H5N2O. The standard InChI is InChI=1S/C5H5N2O/c1-7-5(8)3-2-4-6-7/h3-4H,1H3. The maximum Gasteiger partial charge on any atom is 0.267 e. The van der Waals surface area contributed by atoms with E-state index in [1.807, 2.05) is 0 Å². The van der Waals surface area contributed by atoms with E-state index >= 15 is 0 Å². The smallest absolute Gasteiger partial charge is 0.267 e. The molecule has 1 aromatic heterocycles. The van der Waals surface area contributed by atoms with Crippen molar-refractivity contribution in [2.24, 2.45) is 7.05 Å². The Bertz CT molecular complexity index is 228. The topological polar surface area (TPSA) is 34.9 Å². The zero-order chi connectivity index (χ0) is 5.98. The second-order valence-electron chi connectivity index (χ2n) is 1.42. The van der Waals surface area contributed by atoms with Gasteiger partial charge in [0.2, 0.25) is 0 Å². The summed E-state index contributed by atoms with van der Waals surface area (Å²) >= 11 is 0. The Hall–Kier alpha value is -1.12. The summed E-state index contributed by atoms with van der Waals surface area (Å²) in [7, 11) is 1.59. The molecule has 1 heterocycles. The van der Waals surface area contributed by atoms with Gasteiger partial charge in [0, 0.05) is 19.2 Å². The molecular weight excluding hydrogens is 104 g/mol. The molecule has 0 fully saturated rings. The lowest BCUT2D eigenvalue weighted by Gasteiger charge is -1.87. The predicted molar refractivity (Wildman–Crippen MR) is 28.3 cm³/mol. The van der Waals surface area contributed by atoms with Crippen LogP contribution in [0.3, 0.4) is 0 Å². The summed E-state index contributed by atoms with van der Waals surface area (Å²) in [6, 6.07) is 3.90. The van der Waals surface area contributed by atoms with Gasteiger partial charge < -0.3 is 0 Å². The van der Waals surface area contributed by atoms with Crippen molar-refractivity contribution in [3.8, 4) is 0 Å². The van der Waals surface area contributed by atoms with Crippen LogP contribution in [0.2, 0.25) is 0 Å². The van der Waals surface area contributed by atoms with Crippen LogP contribution < -0.4 is 5.56 Å². The first-order valence-corrected chi connectivity index (χ1v) is 2.20. The molecule has 0 aliphatic rings. The van der Waals surface area contributed by atoms with Crippen molar-refractivity contribution in [1.29, 1.82) is 0 Å². The summed E-state index contributed by atoms with van der Waals surface area (Å²) < 4.78 is 1.25. The summed E-state index contributed by atoms with van der Waals surface area (Å²) in [6.07, 6.45) is 1.45. The minimum absolute atomic E-state index is 0.132. The van der Waals surface area contributed by atoms with Crippen LogP contribution in [0, 0.1) is 6.07 Å². The summed E-state index contributed by atoms with van der Waals surface area (Å²) in [5, 5.41) is 3.63. The maximum atomic E-state index is 10.5. The van der Waals surface area contributed by atoms with E-state index in [1.165, 1.54) is 16.9 Å². The molecule has 0 amide bonds. The van der Waals surface area contributed by atoms with Gasteiger partial charge in [-0.2, -0.15) is 5.10 Å². The highest BCUT2D eigenvalue weighted by Crippen LogP contribution is 1.64. The molecule has 41 valence electrons. The first-order chi connectivity index (χ1) is 3.80. The molecule has 0 atom stereocenters. The molecule has 1 radical (unpaired) electrons. The summed E-state index contributed by atoms with van der Waals surface area (Å²) in [4.78, 5) is 10.5. The fourth-order valence-electron chi connectivity index (χ4n) is 0.379. The Kier molecular flexibility index (Phi) is 1.12. The van der Waals surface area contributed by atoms with Gasteiger partial charge in [-0.15, -0.1) is 0 Å². The summed E-state index contributed by atoms with van der Waals surface area (Å²) in [5.74, 6) is 0. The summed E-state index contributed by atoms with van der Waals surface area (Å²) in [6.45, 7) is 0. The van der Waals surface area contributed by atoms with Crippen molar-refractivity contribution < 1.29 is 0 Å². The molecule has 1 rings (SSSR count). The Labute approximate surface area is 46.6 Å². The van der Waals surface area contributed by atoms with E-state index < -0.39 is 0 Å². The Morgan fingerprint density at radius 2 is 2.62 bits per heavy atom. The fraction of sp³-hybridized carbons (Fsp3) is 0.200. The predicted octanol–water partition coefficient (Wildman–Crippen LogP) is -0.420. The molecule has 0 bridgehead atoms. The number of hydrogen-bond donors (Lipinski definition) is 0. The average Bonchev–Trinajstić information content (AvgIpc) is 1.77. The number of rotatable bonds is 0. The molecule has 0 aliphatic carbocycles. The highest BCUT2D eigenvalue weighted by molar-refractivity contribution is 4.80. The Morgan fingerprint density at radius 1 is 1.88 bits per heavy atom. The average molecular weight is 109 g/mol. The van der Waals surface area contributed by atoms with Crippen LogP contribution in [0.4, 0.5) is 0 Å². The van der Waals surface area contributed by atoms with Crippen LogP contribution in [-0.2, 0) is 7.05 Å². The van der Waals surface area contributed by atoms with Crippen LogP contribution in [0.15, 0.2) is 17.1 Å². The van der Waals surface area contributed by atoms with Gasteiger partial charge in [-0.25, -0.2) is 4.68 Å². The second kappa shape index (κ2) is 1.78. The lowest BCUT2D eigenvalue weighted by molar-refractivity contribution is 0.706. The normalized spacial score (nSPS) is 9.12. The first kappa shape index (κ1) is 5.03. The third kappa shape index (κ3) is 0.753. The molecule has 0 spiro atoms. The van der Waals surface area contributed by atoms with Crippen LogP contribution >= 0.6 is 0 Å². The largest absolute Gasteiger partial charge is 0.268 e. The van der Waals surface area contributed by atoms with Crippen molar-refractivity contribution in [3.63, 3.8) is 0 Å². The van der Waals surface area contributed by atoms with E-state index in [0.717, 1.165) is 0 Å². The van der Waals surface area contributed by atoms with Gasteiger partial charge in [-0.3, -0.25) is 4.79 Å². The minimum atomic E-state index is -0.132. The van der Waals surface area contributed by atoms with E-state index in [1.54, 1.807) is 7.05 Å². The zero-order valence-electron chi connectivity index (χ0n) is 4.46. The molecule has 1 aromatic rings. The van der Waals surface area contributed by atoms with Gasteiger partial charge in [-0.05, 0) is 0 Å². The van der Waals surface area contributed by atoms with E-state index in [9.17, 15) is 4.79 Å². The van der Waals surface area contributed by atoms with Crippen molar-refractivity contribution in [3.05, 3.63) is 28.7 Å². The second-order valence-corrected chi connectivity index (χ2v) is 1.42. The van der Waals surface area contributed by atoms with Crippen LogP contribution in [0.5, 0.6) is 0 Å². The number of hydrogen-bond acceptors (Lipinski definition) is 2. The molecule has 0 unspecified atom stereocenters. The van der Waals surface area contributed by atoms with Gasteiger partial charge >= 0.3 is 0 Å². The highest BCUT2D eigenvalue weighted by atomic mass is 16.1. The van der Waals surface area contributed by atoms with Crippen molar-refractivity contribution in [2.45, 2.75) is 0 Å². The van der Waals surface area contributed by atoms with Crippen molar-refractivity contribution in [1.82, 2.24) is 9.78 Å². The van der Waals surface area contributed by atoms with Gasteiger partial charge in [0.05, 0.1) is 6.20 Å². The number of aromatic nitrogens is 2. The maximum absolute atomic E-state index is 10.5. The zero-order valence-corrected chi connectivity index (χ0v) is 4.46. The van der Waals surface area contributed by atoms with Gasteiger partial charge in [0.25, 0.3) is 5.56 Å². The molecule has 0 aromatic carbocycles. The third-order valence-corrected chi connectivity index (χ3v) is 0.831. The van der Waals surface area contributed by atoms with E-state index in [2.05, 4.69) is 11.2 Å². The summed E-state index contributed by atoms with van der Waals surface area (Å²) in [5.41, 5.74) is -0.132. The van der Waals surface area contributed by atoms with Gasteiger partial charge in [-0.1, -0.05) is 0 Å². The first-order valence-electron chi connectivity index (χ1n) is 2.20. The van der Waals surface area contributed by atoms with Crippen LogP contribution in [0.1, 0.15) is 0 Å². The Morgan fingerprint density at radius 3 is 3.00 bits per heavy atom. The number of aryl methyl sites for hydroxylation is 1. The molecule has 3 heteroatoms. The van der Waals surface area contributed by atoms with Gasteiger partial charge in [0.15, 0.2) is 0 Å². The monoisotopic (exact) mass is 109 g/mol. The van der Waals surface area contributed by atoms with Crippen LogP contribution in [-0.4, -0.2) is 9.78 Å². The fourth-order valence-corrected chi connectivity index (χ4v) is 0.379. The molecule has 0 aliphatic heterocycles. The number of nitrogens with zero attached hydrogens (tertiary/aromatic N) is 2. The van der Waals surface area contributed by atoms with E-state index in [-0.39, 0.29) is 5.56 Å². The molecule has 0 saturated heterocycles. The van der Waals surface area contributed by atoms with Crippen molar-refractivity contribution in [2.75, 3.05) is 0 Å². The third-order valence-electron chi connectivity index (χ3n) is 0.831. The van der Waals surface area contributed by atoms with Gasteiger partial charge in [0.1, 0.15) is 0 Å². The lowest BCUT2D eigenvalue weighted by Crippen LogP contribution is -2.16.